The van der Waals surface area contributed by atoms with Crippen LogP contribution in [0.2, 0.25) is 0 Å². The Morgan fingerprint density at radius 3 is 2.69 bits per heavy atom. The number of hydrogen-bond acceptors (Lipinski definition) is 5. The Morgan fingerprint density at radius 1 is 1.27 bits per heavy atom. The molecule has 2 rings (SSSR count). The maximum atomic E-state index is 12.4. The van der Waals surface area contributed by atoms with E-state index in [-0.39, 0.29) is 11.7 Å². The van der Waals surface area contributed by atoms with E-state index in [1.54, 1.807) is 25.3 Å². The van der Waals surface area contributed by atoms with E-state index in [4.69, 9.17) is 9.47 Å². The molecule has 1 heterocycles. The monoisotopic (exact) mass is 362 g/mol. The lowest BCUT2D eigenvalue weighted by atomic mass is 10.0. The summed E-state index contributed by atoms with van der Waals surface area (Å²) in [5.41, 5.74) is 0.588. The maximum Gasteiger partial charge on any atom is 0.222 e. The molecule has 6 heteroatoms. The van der Waals surface area contributed by atoms with Crippen molar-refractivity contribution >= 4 is 11.7 Å². The number of methoxy groups -OCH3 is 1. The number of nitrogens with zero attached hydrogens (tertiary/aromatic N) is 2. The molecule has 1 aliphatic rings. The summed E-state index contributed by atoms with van der Waals surface area (Å²) in [5, 5.41) is 0. The normalized spacial score (nSPS) is 17.3. The molecule has 1 fully saturated rings. The van der Waals surface area contributed by atoms with Crippen molar-refractivity contribution in [1.82, 2.24) is 9.80 Å². The summed E-state index contributed by atoms with van der Waals surface area (Å²) in [7, 11) is 5.68. The minimum Gasteiger partial charge on any atom is -0.493 e. The molecule has 0 aromatic heterocycles. The zero-order valence-corrected chi connectivity index (χ0v) is 16.3. The van der Waals surface area contributed by atoms with Gasteiger partial charge in [-0.2, -0.15) is 0 Å². The zero-order valence-electron chi connectivity index (χ0n) is 16.3. The van der Waals surface area contributed by atoms with Crippen molar-refractivity contribution in [3.63, 3.8) is 0 Å². The first-order valence-electron chi connectivity index (χ1n) is 9.18. The molecule has 1 aliphatic heterocycles. The van der Waals surface area contributed by atoms with Crippen molar-refractivity contribution < 1.29 is 19.1 Å². The summed E-state index contributed by atoms with van der Waals surface area (Å²) >= 11 is 0. The van der Waals surface area contributed by atoms with Gasteiger partial charge >= 0.3 is 0 Å². The number of likely N-dealkylation sites (N-methyl/N-ethyl adjacent to an activating group) is 1. The minimum atomic E-state index is -0.0157. The summed E-state index contributed by atoms with van der Waals surface area (Å²) in [6.45, 7) is 3.62. The van der Waals surface area contributed by atoms with E-state index in [0.29, 0.717) is 42.6 Å². The lowest BCUT2D eigenvalue weighted by molar-refractivity contribution is -0.133. The molecule has 1 amide bonds. The van der Waals surface area contributed by atoms with Crippen molar-refractivity contribution in [3.8, 4) is 11.5 Å². The smallest absolute Gasteiger partial charge is 0.222 e. The zero-order chi connectivity index (χ0) is 19.1. The number of ether oxygens (including phenoxy) is 2. The lowest BCUT2D eigenvalue weighted by Crippen LogP contribution is -2.47. The molecule has 1 saturated heterocycles. The van der Waals surface area contributed by atoms with Crippen molar-refractivity contribution in [3.05, 3.63) is 23.8 Å². The molecule has 0 spiro atoms. The Kier molecular flexibility index (Phi) is 7.45. The van der Waals surface area contributed by atoms with E-state index in [1.165, 1.54) is 6.92 Å². The lowest BCUT2D eigenvalue weighted by Gasteiger charge is -2.36. The van der Waals surface area contributed by atoms with E-state index < -0.39 is 0 Å². The molecule has 1 unspecified atom stereocenters. The van der Waals surface area contributed by atoms with Crippen LogP contribution in [0, 0.1) is 0 Å². The molecule has 1 aromatic rings. The molecule has 6 nitrogen and oxygen atoms in total. The standard InChI is InChI=1S/C20H30N2O4/c1-15(23)16-9-10-18(19(13-16)25-4)26-12-6-8-20(24)22-11-5-7-17(14-22)21(2)3/h9-10,13,17H,5-8,11-12,14H2,1-4H3. The van der Waals surface area contributed by atoms with Crippen molar-refractivity contribution in [2.24, 2.45) is 0 Å². The Bertz CT molecular complexity index is 630. The van der Waals surface area contributed by atoms with Crippen LogP contribution in [0.5, 0.6) is 11.5 Å². The van der Waals surface area contributed by atoms with Crippen LogP contribution in [0.3, 0.4) is 0 Å². The Labute approximate surface area is 156 Å². The van der Waals surface area contributed by atoms with Gasteiger partial charge in [0.25, 0.3) is 0 Å². The summed E-state index contributed by atoms with van der Waals surface area (Å²) in [4.78, 5) is 28.0. The van der Waals surface area contributed by atoms with Crippen LogP contribution < -0.4 is 9.47 Å². The highest BCUT2D eigenvalue weighted by molar-refractivity contribution is 5.94. The van der Waals surface area contributed by atoms with Crippen LogP contribution in [0.1, 0.15) is 43.0 Å². The molecule has 0 radical (unpaired) electrons. The Balaban J connectivity index is 1.79. The average molecular weight is 362 g/mol. The third-order valence-electron chi connectivity index (χ3n) is 4.84. The SMILES string of the molecule is COc1cc(C(C)=O)ccc1OCCCC(=O)N1CCCC(N(C)C)C1. The first kappa shape index (κ1) is 20.2. The van der Waals surface area contributed by atoms with Crippen LogP contribution in [0.25, 0.3) is 0 Å². The third-order valence-corrected chi connectivity index (χ3v) is 4.84. The largest absolute Gasteiger partial charge is 0.493 e. The van der Waals surface area contributed by atoms with Gasteiger partial charge in [0.15, 0.2) is 17.3 Å². The number of Topliss-reactive ketones (excluding diaryl/α,β-unsaturated/α-hetero) is 1. The highest BCUT2D eigenvalue weighted by Crippen LogP contribution is 2.28. The van der Waals surface area contributed by atoms with Crippen LogP contribution in [0.15, 0.2) is 18.2 Å². The van der Waals surface area contributed by atoms with Crippen molar-refractivity contribution in [2.45, 2.75) is 38.6 Å². The van der Waals surface area contributed by atoms with E-state index in [0.717, 1.165) is 25.9 Å². The van der Waals surface area contributed by atoms with Gasteiger partial charge in [-0.1, -0.05) is 0 Å². The molecule has 0 bridgehead atoms. The Hall–Kier alpha value is -2.08. The van der Waals surface area contributed by atoms with E-state index in [2.05, 4.69) is 19.0 Å². The van der Waals surface area contributed by atoms with E-state index >= 15 is 0 Å². The van der Waals surface area contributed by atoms with Crippen LogP contribution in [0.4, 0.5) is 0 Å². The molecule has 0 saturated carbocycles. The molecule has 0 N–H and O–H groups in total. The number of rotatable bonds is 8. The van der Waals surface area contributed by atoms with Gasteiger partial charge in [0.05, 0.1) is 13.7 Å². The maximum absolute atomic E-state index is 12.4. The molecular formula is C20H30N2O4. The number of piperidine rings is 1. The summed E-state index contributed by atoms with van der Waals surface area (Å²) in [5.74, 6) is 1.31. The number of ketones is 1. The van der Waals surface area contributed by atoms with Gasteiger partial charge in [0.1, 0.15) is 0 Å². The predicted octanol–water partition coefficient (Wildman–Crippen LogP) is 2.61. The molecule has 0 aliphatic carbocycles. The van der Waals surface area contributed by atoms with Crippen molar-refractivity contribution in [1.29, 1.82) is 0 Å². The number of benzene rings is 1. The predicted molar refractivity (Wildman–Crippen MR) is 101 cm³/mol. The van der Waals surface area contributed by atoms with Gasteiger partial charge in [-0.25, -0.2) is 0 Å². The van der Waals surface area contributed by atoms with Gasteiger partial charge in [-0.3, -0.25) is 9.59 Å². The van der Waals surface area contributed by atoms with Gasteiger partial charge in [0.2, 0.25) is 5.91 Å². The average Bonchev–Trinajstić information content (AvgIpc) is 2.64. The highest BCUT2D eigenvalue weighted by Gasteiger charge is 2.24. The molecule has 144 valence electrons. The Morgan fingerprint density at radius 2 is 2.04 bits per heavy atom. The fourth-order valence-corrected chi connectivity index (χ4v) is 3.17. The molecule has 1 aromatic carbocycles. The number of carbonyl (C=O) groups is 2. The molecule has 1 atom stereocenters. The highest BCUT2D eigenvalue weighted by atomic mass is 16.5. The summed E-state index contributed by atoms with van der Waals surface area (Å²) < 4.78 is 11.0. The summed E-state index contributed by atoms with van der Waals surface area (Å²) in [6.07, 6.45) is 3.34. The topological polar surface area (TPSA) is 59.1 Å². The fourth-order valence-electron chi connectivity index (χ4n) is 3.17. The third kappa shape index (κ3) is 5.46. The van der Waals surface area contributed by atoms with Crippen LogP contribution in [-0.4, -0.2) is 68.4 Å². The van der Waals surface area contributed by atoms with Crippen LogP contribution in [-0.2, 0) is 4.79 Å². The van der Waals surface area contributed by atoms with Crippen LogP contribution >= 0.6 is 0 Å². The number of carbonyl (C=O) groups excluding carboxylic acids is 2. The quantitative estimate of drug-likeness (QED) is 0.525. The minimum absolute atomic E-state index is 0.0157. The molecule has 26 heavy (non-hydrogen) atoms. The van der Waals surface area contributed by atoms with Gasteiger partial charge in [-0.05, 0) is 58.5 Å². The van der Waals surface area contributed by atoms with Gasteiger partial charge < -0.3 is 19.3 Å². The second-order valence-electron chi connectivity index (χ2n) is 6.97. The summed E-state index contributed by atoms with van der Waals surface area (Å²) in [6, 6.07) is 5.59. The van der Waals surface area contributed by atoms with Gasteiger partial charge in [0, 0.05) is 31.1 Å². The van der Waals surface area contributed by atoms with E-state index in [9.17, 15) is 9.59 Å². The first-order chi connectivity index (χ1) is 12.4. The van der Waals surface area contributed by atoms with E-state index in [1.807, 2.05) is 4.90 Å². The first-order valence-corrected chi connectivity index (χ1v) is 9.18. The molecular weight excluding hydrogens is 332 g/mol. The number of amides is 1. The van der Waals surface area contributed by atoms with Crippen molar-refractivity contribution in [2.75, 3.05) is 40.9 Å². The number of likely N-dealkylation sites (tertiary alicyclic amines) is 1. The fraction of sp³-hybridized carbons (Fsp3) is 0.600. The second kappa shape index (κ2) is 9.57. The van der Waals surface area contributed by atoms with Gasteiger partial charge in [-0.15, -0.1) is 0 Å². The number of hydrogen-bond donors (Lipinski definition) is 0. The second-order valence-corrected chi connectivity index (χ2v) is 6.97.